The number of hydrogen-bond acceptors (Lipinski definition) is 10. The van der Waals surface area contributed by atoms with E-state index in [1.165, 1.54) is 21.7 Å². The molecule has 0 spiro atoms. The molecule has 55 heavy (non-hydrogen) atoms. The molecular weight excluding hydrogens is 743 g/mol. The summed E-state index contributed by atoms with van der Waals surface area (Å²) in [4.78, 5) is 40.6. The standard InChI is InChI=1S/C36H33F4N11O3S/c1-34(2,18-51-28(31-45-46-33(54)55-31)11-29(47-51)36(38,39)40)42-17-35(19-52,12-20-14-43-48(3)16-20)50-8-7-24-23(5-6-26(37)30(24)32(50)53)25-9-22-15-44-49(4)27(22)10-21(25)13-41/h5-6,9-11,14-16,19,42H,7-8,12,17-18H2,1-4H3,(H,46,54)/t35-/m0/s1. The Morgan fingerprint density at radius 1 is 1.09 bits per heavy atom. The first-order chi connectivity index (χ1) is 26.0. The zero-order chi connectivity index (χ0) is 39.4. The third-order valence-corrected chi connectivity index (χ3v) is 10.5. The molecule has 19 heteroatoms. The number of nitrogens with zero attached hydrogens (tertiary/aromatic N) is 9. The van der Waals surface area contributed by atoms with Crippen LogP contribution in [0.25, 0.3) is 32.7 Å². The summed E-state index contributed by atoms with van der Waals surface area (Å²) in [6.45, 7) is 2.99. The molecular formula is C36H33F4N11O3S. The fourth-order valence-corrected chi connectivity index (χ4v) is 7.72. The van der Waals surface area contributed by atoms with Crippen molar-refractivity contribution in [3.63, 3.8) is 0 Å². The van der Waals surface area contributed by atoms with Crippen molar-refractivity contribution in [1.82, 2.24) is 49.8 Å². The van der Waals surface area contributed by atoms with Crippen molar-refractivity contribution in [2.24, 2.45) is 14.1 Å². The highest BCUT2D eigenvalue weighted by Crippen LogP contribution is 2.38. The number of aromatic amines is 1. The van der Waals surface area contributed by atoms with Crippen LogP contribution in [0.2, 0.25) is 0 Å². The monoisotopic (exact) mass is 775 g/mol. The van der Waals surface area contributed by atoms with E-state index in [-0.39, 0.29) is 48.7 Å². The molecule has 0 unspecified atom stereocenters. The summed E-state index contributed by atoms with van der Waals surface area (Å²) in [5, 5.41) is 32.4. The second kappa shape index (κ2) is 13.7. The van der Waals surface area contributed by atoms with Crippen LogP contribution in [0.5, 0.6) is 0 Å². The largest absolute Gasteiger partial charge is 0.435 e. The molecule has 4 aromatic heterocycles. The first kappa shape index (κ1) is 37.3. The number of benzene rings is 2. The molecule has 1 aliphatic rings. The molecule has 2 aromatic carbocycles. The van der Waals surface area contributed by atoms with Crippen LogP contribution in [0, 0.1) is 17.1 Å². The number of halogens is 4. The fourth-order valence-electron chi connectivity index (χ4n) is 7.09. The molecule has 0 aliphatic carbocycles. The number of nitrogens with one attached hydrogen (secondary N) is 2. The number of alkyl halides is 3. The second-order valence-electron chi connectivity index (χ2n) is 14.1. The third-order valence-electron chi connectivity index (χ3n) is 9.77. The Labute approximate surface area is 314 Å². The Morgan fingerprint density at radius 3 is 2.53 bits per heavy atom. The maximum Gasteiger partial charge on any atom is 0.435 e. The van der Waals surface area contributed by atoms with Gasteiger partial charge in [-0.3, -0.25) is 23.6 Å². The molecule has 5 heterocycles. The molecule has 2 N–H and O–H groups in total. The lowest BCUT2D eigenvalue weighted by molar-refractivity contribution is -0.141. The first-order valence-electron chi connectivity index (χ1n) is 16.9. The number of carbonyl (C=O) groups is 2. The number of aldehydes is 1. The van der Waals surface area contributed by atoms with Crippen LogP contribution in [0.3, 0.4) is 0 Å². The van der Waals surface area contributed by atoms with Crippen LogP contribution < -0.4 is 10.2 Å². The summed E-state index contributed by atoms with van der Waals surface area (Å²) in [6, 6.07) is 9.19. The highest BCUT2D eigenvalue weighted by molar-refractivity contribution is 7.12. The van der Waals surface area contributed by atoms with Gasteiger partial charge < -0.3 is 15.0 Å². The average Bonchev–Trinajstić information content (AvgIpc) is 3.94. The van der Waals surface area contributed by atoms with Crippen molar-refractivity contribution in [2.45, 2.75) is 50.5 Å². The third kappa shape index (κ3) is 6.94. The molecule has 0 fully saturated rings. The first-order valence-corrected chi connectivity index (χ1v) is 17.7. The summed E-state index contributed by atoms with van der Waals surface area (Å²) >= 11 is 0.627. The molecule has 14 nitrogen and oxygen atoms in total. The van der Waals surface area contributed by atoms with Gasteiger partial charge in [0, 0.05) is 56.3 Å². The van der Waals surface area contributed by atoms with E-state index in [0.717, 1.165) is 21.7 Å². The maximum atomic E-state index is 15.9. The minimum absolute atomic E-state index is 0.00323. The molecule has 1 atom stereocenters. The van der Waals surface area contributed by atoms with Gasteiger partial charge in [0.05, 0.1) is 47.3 Å². The minimum atomic E-state index is -4.78. The Kier molecular flexibility index (Phi) is 9.29. The van der Waals surface area contributed by atoms with Crippen molar-refractivity contribution < 1.29 is 27.2 Å². The van der Waals surface area contributed by atoms with Gasteiger partial charge in [-0.15, -0.1) is 0 Å². The number of rotatable bonds is 11. The molecule has 1 amide bonds. The predicted molar refractivity (Wildman–Crippen MR) is 192 cm³/mol. The van der Waals surface area contributed by atoms with E-state index in [1.807, 2.05) is 0 Å². The highest BCUT2D eigenvalue weighted by atomic mass is 32.1. The molecule has 284 valence electrons. The number of aryl methyl sites for hydroxylation is 2. The van der Waals surface area contributed by atoms with Crippen LogP contribution in [0.15, 0.2) is 53.7 Å². The van der Waals surface area contributed by atoms with Crippen LogP contribution in [-0.4, -0.2) is 80.8 Å². The predicted octanol–water partition coefficient (Wildman–Crippen LogP) is 4.26. The minimum Gasteiger partial charge on any atom is -0.324 e. The van der Waals surface area contributed by atoms with E-state index < -0.39 is 39.5 Å². The van der Waals surface area contributed by atoms with Crippen molar-refractivity contribution in [2.75, 3.05) is 13.1 Å². The van der Waals surface area contributed by atoms with E-state index in [9.17, 15) is 32.8 Å². The lowest BCUT2D eigenvalue weighted by Gasteiger charge is -2.44. The van der Waals surface area contributed by atoms with Gasteiger partial charge in [-0.25, -0.2) is 9.49 Å². The summed E-state index contributed by atoms with van der Waals surface area (Å²) in [5.74, 6) is -1.54. The normalized spacial score (nSPS) is 14.6. The van der Waals surface area contributed by atoms with Crippen molar-refractivity contribution in [3.8, 4) is 27.9 Å². The number of nitriles is 1. The Hall–Kier alpha value is -6.00. The van der Waals surface area contributed by atoms with Crippen molar-refractivity contribution in [1.29, 1.82) is 5.26 Å². The lowest BCUT2D eigenvalue weighted by atomic mass is 9.83. The molecule has 7 rings (SSSR count). The number of H-pyrrole nitrogens is 1. The SMILES string of the molecule is Cn1cc(C[C@@](C=O)(CNC(C)(C)Cn2nc(C(F)(F)F)cc2-c2n[nH]c(=O)s2)N2CCc3c(-c4cc5cnn(C)c5cc4C#N)ccc(F)c3C2=O)cn1. The van der Waals surface area contributed by atoms with Crippen LogP contribution in [0.1, 0.15) is 46.6 Å². The summed E-state index contributed by atoms with van der Waals surface area (Å²) < 4.78 is 61.5. The Bertz CT molecular complexity index is 2570. The quantitative estimate of drug-likeness (QED) is 0.144. The summed E-state index contributed by atoms with van der Waals surface area (Å²) in [6.07, 6.45) is 0.838. The average molecular weight is 776 g/mol. The molecule has 1 aliphatic heterocycles. The van der Waals surface area contributed by atoms with Crippen molar-refractivity contribution >= 4 is 34.4 Å². The van der Waals surface area contributed by atoms with E-state index in [2.05, 4.69) is 36.9 Å². The van der Waals surface area contributed by atoms with Gasteiger partial charge in [-0.2, -0.15) is 38.8 Å². The zero-order valence-corrected chi connectivity index (χ0v) is 30.7. The number of aromatic nitrogens is 8. The number of carbonyl (C=O) groups excluding carboxylic acids is 2. The summed E-state index contributed by atoms with van der Waals surface area (Å²) in [7, 11) is 3.44. The van der Waals surface area contributed by atoms with Gasteiger partial charge in [0.1, 0.15) is 17.6 Å². The maximum absolute atomic E-state index is 15.9. The van der Waals surface area contributed by atoms with Gasteiger partial charge in [-0.05, 0) is 61.2 Å². The van der Waals surface area contributed by atoms with Gasteiger partial charge >= 0.3 is 11.0 Å². The Balaban J connectivity index is 1.25. The van der Waals surface area contributed by atoms with Gasteiger partial charge in [0.15, 0.2) is 10.7 Å². The topological polar surface area (TPSA) is 172 Å². The van der Waals surface area contributed by atoms with E-state index in [1.54, 1.807) is 63.3 Å². The second-order valence-corrected chi connectivity index (χ2v) is 15.1. The van der Waals surface area contributed by atoms with Crippen LogP contribution >= 0.6 is 11.3 Å². The zero-order valence-electron chi connectivity index (χ0n) is 29.9. The van der Waals surface area contributed by atoms with Gasteiger partial charge in [0.2, 0.25) is 0 Å². The number of amides is 1. The van der Waals surface area contributed by atoms with Gasteiger partial charge in [-0.1, -0.05) is 17.4 Å². The van der Waals surface area contributed by atoms with Crippen LogP contribution in [-0.2, 0) is 44.5 Å². The van der Waals surface area contributed by atoms with Gasteiger partial charge in [0.25, 0.3) is 5.91 Å². The van der Waals surface area contributed by atoms with E-state index in [0.29, 0.717) is 45.4 Å². The fraction of sp³-hybridized carbons (Fsp3) is 0.333. The highest BCUT2D eigenvalue weighted by Gasteiger charge is 2.45. The smallest absolute Gasteiger partial charge is 0.324 e. The number of hydrogen-bond donors (Lipinski definition) is 2. The molecule has 0 bridgehead atoms. The Morgan fingerprint density at radius 2 is 1.87 bits per heavy atom. The molecule has 0 radical (unpaired) electrons. The van der Waals surface area contributed by atoms with E-state index >= 15 is 4.39 Å². The lowest BCUT2D eigenvalue weighted by Crippen LogP contribution is -2.64. The van der Waals surface area contributed by atoms with E-state index in [4.69, 9.17) is 0 Å². The number of fused-ring (bicyclic) bond motifs is 2. The molecule has 0 saturated heterocycles. The molecule has 6 aromatic rings. The van der Waals surface area contributed by atoms with Crippen molar-refractivity contribution in [3.05, 3.63) is 92.4 Å². The molecule has 0 saturated carbocycles. The van der Waals surface area contributed by atoms with Crippen LogP contribution in [0.4, 0.5) is 17.6 Å². The summed E-state index contributed by atoms with van der Waals surface area (Å²) in [5.41, 5.74) is -1.12.